The largest absolute Gasteiger partial charge is 0.392 e. The van der Waals surface area contributed by atoms with Gasteiger partial charge in [-0.3, -0.25) is 4.90 Å². The Morgan fingerprint density at radius 3 is 2.50 bits per heavy atom. The summed E-state index contributed by atoms with van der Waals surface area (Å²) in [6, 6.07) is 0. The summed E-state index contributed by atoms with van der Waals surface area (Å²) in [5.74, 6) is 0. The fourth-order valence-electron chi connectivity index (χ4n) is 1.62. The molecule has 0 aromatic rings. The van der Waals surface area contributed by atoms with E-state index in [4.69, 9.17) is 5.11 Å². The molecule has 1 aliphatic rings. The Bertz CT molecular complexity index is 144. The Morgan fingerprint density at radius 1 is 1.29 bits per heavy atom. The minimum Gasteiger partial charge on any atom is -0.392 e. The van der Waals surface area contributed by atoms with Crippen LogP contribution in [0.1, 0.15) is 6.92 Å². The molecule has 1 fully saturated rings. The van der Waals surface area contributed by atoms with Crippen molar-refractivity contribution in [1.29, 1.82) is 0 Å². The van der Waals surface area contributed by atoms with Gasteiger partial charge < -0.3 is 15.3 Å². The lowest BCUT2D eigenvalue weighted by Crippen LogP contribution is -2.46. The molecule has 14 heavy (non-hydrogen) atoms. The lowest BCUT2D eigenvalue weighted by atomic mass is 10.3. The van der Waals surface area contributed by atoms with Crippen molar-refractivity contribution in [3.63, 3.8) is 0 Å². The third kappa shape index (κ3) is 4.91. The molecule has 0 aromatic carbocycles. The average Bonchev–Trinajstić information content (AvgIpc) is 2.15. The Balaban J connectivity index is 1.96. The first-order valence-electron chi connectivity index (χ1n) is 5.48. The van der Waals surface area contributed by atoms with Crippen LogP contribution < -0.4 is 5.32 Å². The Kier molecular flexibility index (Phi) is 5.40. The van der Waals surface area contributed by atoms with Crippen LogP contribution in [-0.4, -0.2) is 73.9 Å². The first-order chi connectivity index (χ1) is 6.68. The summed E-state index contributed by atoms with van der Waals surface area (Å²) in [7, 11) is 2.17. The molecular weight excluding hydrogens is 178 g/mol. The predicted molar refractivity (Wildman–Crippen MR) is 58.5 cm³/mol. The smallest absolute Gasteiger partial charge is 0.0636 e. The first kappa shape index (κ1) is 11.9. The second kappa shape index (κ2) is 6.35. The third-order valence-electron chi connectivity index (χ3n) is 2.64. The van der Waals surface area contributed by atoms with Crippen molar-refractivity contribution in [2.45, 2.75) is 13.0 Å². The van der Waals surface area contributed by atoms with Crippen LogP contribution in [0.15, 0.2) is 0 Å². The van der Waals surface area contributed by atoms with E-state index in [9.17, 15) is 0 Å². The van der Waals surface area contributed by atoms with Crippen molar-refractivity contribution in [3.05, 3.63) is 0 Å². The Hall–Kier alpha value is -0.160. The lowest BCUT2D eigenvalue weighted by molar-refractivity contribution is 0.150. The van der Waals surface area contributed by atoms with Gasteiger partial charge in [-0.05, 0) is 14.0 Å². The zero-order valence-corrected chi connectivity index (χ0v) is 9.37. The molecule has 0 aliphatic carbocycles. The fraction of sp³-hybridized carbons (Fsp3) is 1.00. The monoisotopic (exact) mass is 201 g/mol. The van der Waals surface area contributed by atoms with Crippen molar-refractivity contribution in [2.75, 3.05) is 52.9 Å². The molecule has 0 radical (unpaired) electrons. The first-order valence-corrected chi connectivity index (χ1v) is 5.48. The van der Waals surface area contributed by atoms with Crippen LogP contribution in [0.5, 0.6) is 0 Å². The molecule has 1 heterocycles. The quantitative estimate of drug-likeness (QED) is 0.572. The summed E-state index contributed by atoms with van der Waals surface area (Å²) in [4.78, 5) is 4.83. The van der Waals surface area contributed by atoms with E-state index in [1.807, 2.05) is 6.92 Å². The highest BCUT2D eigenvalue weighted by atomic mass is 16.3. The zero-order chi connectivity index (χ0) is 10.4. The second-order valence-electron chi connectivity index (χ2n) is 4.20. The summed E-state index contributed by atoms with van der Waals surface area (Å²) in [6.07, 6.45) is -0.234. The molecule has 0 bridgehead atoms. The van der Waals surface area contributed by atoms with Gasteiger partial charge in [0.05, 0.1) is 6.10 Å². The molecule has 1 unspecified atom stereocenters. The normalized spacial score (nSPS) is 22.5. The maximum absolute atomic E-state index is 9.04. The van der Waals surface area contributed by atoms with E-state index < -0.39 is 0 Å². The molecule has 0 amide bonds. The van der Waals surface area contributed by atoms with Crippen LogP contribution in [0.3, 0.4) is 0 Å². The van der Waals surface area contributed by atoms with Gasteiger partial charge in [0.25, 0.3) is 0 Å². The summed E-state index contributed by atoms with van der Waals surface area (Å²) in [5, 5.41) is 12.3. The van der Waals surface area contributed by atoms with Crippen molar-refractivity contribution >= 4 is 0 Å². The number of aliphatic hydroxyl groups is 1. The standard InChI is InChI=1S/C10H23N3O/c1-10(14)9-11-3-4-13-7-5-12(2)6-8-13/h10-11,14H,3-9H2,1-2H3. The fourth-order valence-corrected chi connectivity index (χ4v) is 1.62. The lowest BCUT2D eigenvalue weighted by Gasteiger charge is -2.32. The minimum absolute atomic E-state index is 0.234. The van der Waals surface area contributed by atoms with Gasteiger partial charge in [0, 0.05) is 45.8 Å². The molecule has 1 aliphatic heterocycles. The van der Waals surface area contributed by atoms with Gasteiger partial charge in [-0.2, -0.15) is 0 Å². The summed E-state index contributed by atoms with van der Waals surface area (Å²) < 4.78 is 0. The van der Waals surface area contributed by atoms with Crippen LogP contribution in [-0.2, 0) is 0 Å². The van der Waals surface area contributed by atoms with E-state index in [-0.39, 0.29) is 6.10 Å². The van der Waals surface area contributed by atoms with Gasteiger partial charge in [0.1, 0.15) is 0 Å². The maximum Gasteiger partial charge on any atom is 0.0636 e. The molecule has 0 saturated carbocycles. The number of piperazine rings is 1. The highest BCUT2D eigenvalue weighted by Crippen LogP contribution is 1.97. The van der Waals surface area contributed by atoms with Gasteiger partial charge in [0.15, 0.2) is 0 Å². The Morgan fingerprint density at radius 2 is 1.93 bits per heavy atom. The maximum atomic E-state index is 9.04. The molecule has 4 heteroatoms. The number of likely N-dealkylation sites (N-methyl/N-ethyl adjacent to an activating group) is 1. The van der Waals surface area contributed by atoms with E-state index >= 15 is 0 Å². The van der Waals surface area contributed by atoms with E-state index in [1.165, 1.54) is 26.2 Å². The van der Waals surface area contributed by atoms with Gasteiger partial charge >= 0.3 is 0 Å². The molecular formula is C10H23N3O. The van der Waals surface area contributed by atoms with Crippen LogP contribution in [0.2, 0.25) is 0 Å². The van der Waals surface area contributed by atoms with Crippen molar-refractivity contribution in [2.24, 2.45) is 0 Å². The number of rotatable bonds is 5. The van der Waals surface area contributed by atoms with Crippen LogP contribution >= 0.6 is 0 Å². The molecule has 0 aromatic heterocycles. The zero-order valence-electron chi connectivity index (χ0n) is 9.37. The Labute approximate surface area is 86.9 Å². The average molecular weight is 201 g/mol. The SMILES string of the molecule is CC(O)CNCCN1CCN(C)CC1. The van der Waals surface area contributed by atoms with Crippen molar-refractivity contribution < 1.29 is 5.11 Å². The summed E-state index contributed by atoms with van der Waals surface area (Å²) in [6.45, 7) is 9.29. The molecule has 0 spiro atoms. The van der Waals surface area contributed by atoms with Crippen LogP contribution in [0.25, 0.3) is 0 Å². The second-order valence-corrected chi connectivity index (χ2v) is 4.20. The molecule has 4 nitrogen and oxygen atoms in total. The topological polar surface area (TPSA) is 38.7 Å². The number of nitrogens with zero attached hydrogens (tertiary/aromatic N) is 2. The molecule has 84 valence electrons. The van der Waals surface area contributed by atoms with Gasteiger partial charge in [-0.1, -0.05) is 0 Å². The van der Waals surface area contributed by atoms with E-state index in [2.05, 4.69) is 22.2 Å². The van der Waals surface area contributed by atoms with Crippen molar-refractivity contribution in [3.8, 4) is 0 Å². The van der Waals surface area contributed by atoms with E-state index in [0.717, 1.165) is 13.1 Å². The third-order valence-corrected chi connectivity index (χ3v) is 2.64. The van der Waals surface area contributed by atoms with Gasteiger partial charge in [-0.25, -0.2) is 0 Å². The van der Waals surface area contributed by atoms with Crippen LogP contribution in [0.4, 0.5) is 0 Å². The highest BCUT2D eigenvalue weighted by molar-refractivity contribution is 4.69. The molecule has 2 N–H and O–H groups in total. The molecule has 1 atom stereocenters. The summed E-state index contributed by atoms with van der Waals surface area (Å²) in [5.41, 5.74) is 0. The van der Waals surface area contributed by atoms with E-state index in [1.54, 1.807) is 0 Å². The van der Waals surface area contributed by atoms with Gasteiger partial charge in [-0.15, -0.1) is 0 Å². The molecule has 1 saturated heterocycles. The number of hydrogen-bond donors (Lipinski definition) is 2. The highest BCUT2D eigenvalue weighted by Gasteiger charge is 2.12. The minimum atomic E-state index is -0.234. The number of aliphatic hydroxyl groups excluding tert-OH is 1. The van der Waals surface area contributed by atoms with E-state index in [0.29, 0.717) is 6.54 Å². The number of nitrogens with one attached hydrogen (secondary N) is 1. The van der Waals surface area contributed by atoms with Gasteiger partial charge in [0.2, 0.25) is 0 Å². The van der Waals surface area contributed by atoms with Crippen LogP contribution in [0, 0.1) is 0 Å². The summed E-state index contributed by atoms with van der Waals surface area (Å²) >= 11 is 0. The number of hydrogen-bond acceptors (Lipinski definition) is 4. The predicted octanol–water partition coefficient (Wildman–Crippen LogP) is -0.796. The van der Waals surface area contributed by atoms with Crippen molar-refractivity contribution in [1.82, 2.24) is 15.1 Å². The molecule has 1 rings (SSSR count).